The number of hydrogen-bond donors (Lipinski definition) is 1. The maximum atomic E-state index is 12.0. The van der Waals surface area contributed by atoms with Gasteiger partial charge in [-0.05, 0) is 39.7 Å². The highest BCUT2D eigenvalue weighted by molar-refractivity contribution is 9.10. The number of nitrogens with zero attached hydrogens (tertiary/aromatic N) is 2. The van der Waals surface area contributed by atoms with Gasteiger partial charge in [-0.1, -0.05) is 12.1 Å². The normalized spacial score (nSPS) is 11.1. The number of alkyl halides is 2. The van der Waals surface area contributed by atoms with Crippen molar-refractivity contribution in [3.63, 3.8) is 0 Å². The van der Waals surface area contributed by atoms with Crippen LogP contribution in [0.5, 0.6) is 5.75 Å². The van der Waals surface area contributed by atoms with Crippen molar-refractivity contribution >= 4 is 27.9 Å². The molecule has 0 aliphatic carbocycles. The lowest BCUT2D eigenvalue weighted by Gasteiger charge is -2.04. The molecule has 0 unspecified atom stereocenters. The van der Waals surface area contributed by atoms with Crippen molar-refractivity contribution in [2.75, 3.05) is 6.54 Å². The van der Waals surface area contributed by atoms with Gasteiger partial charge in [0.15, 0.2) is 0 Å². The van der Waals surface area contributed by atoms with Gasteiger partial charge in [0.05, 0.1) is 17.2 Å². The van der Waals surface area contributed by atoms with Crippen LogP contribution in [0.15, 0.2) is 47.2 Å². The van der Waals surface area contributed by atoms with Crippen LogP contribution < -0.4 is 10.1 Å². The summed E-state index contributed by atoms with van der Waals surface area (Å²) < 4.78 is 30.9. The van der Waals surface area contributed by atoms with E-state index in [4.69, 9.17) is 0 Å². The average molecular weight is 386 g/mol. The maximum Gasteiger partial charge on any atom is 0.387 e. The number of nitrogens with one attached hydrogen (secondary N) is 1. The van der Waals surface area contributed by atoms with Crippen LogP contribution in [0.2, 0.25) is 0 Å². The zero-order valence-corrected chi connectivity index (χ0v) is 13.5. The lowest BCUT2D eigenvalue weighted by atomic mass is 10.2. The first-order valence-electron chi connectivity index (χ1n) is 6.71. The molecule has 5 nitrogen and oxygen atoms in total. The molecule has 122 valence electrons. The van der Waals surface area contributed by atoms with E-state index < -0.39 is 6.61 Å². The number of rotatable bonds is 7. The predicted octanol–water partition coefficient (Wildman–Crippen LogP) is 3.08. The van der Waals surface area contributed by atoms with Gasteiger partial charge in [0.1, 0.15) is 5.75 Å². The topological polar surface area (TPSA) is 56.1 Å². The van der Waals surface area contributed by atoms with Gasteiger partial charge in [0, 0.05) is 18.8 Å². The number of hydrogen-bond acceptors (Lipinski definition) is 3. The Morgan fingerprint density at radius 1 is 1.39 bits per heavy atom. The molecule has 8 heteroatoms. The highest BCUT2D eigenvalue weighted by Gasteiger charge is 2.03. The van der Waals surface area contributed by atoms with E-state index in [0.29, 0.717) is 18.7 Å². The fraction of sp³-hybridized carbons (Fsp3) is 0.200. The second kappa shape index (κ2) is 8.42. The van der Waals surface area contributed by atoms with Crippen LogP contribution >= 0.6 is 15.9 Å². The van der Waals surface area contributed by atoms with Gasteiger partial charge in [0.2, 0.25) is 5.91 Å². The number of amides is 1. The molecule has 1 amide bonds. The summed E-state index contributed by atoms with van der Waals surface area (Å²) in [5.74, 6) is -0.170. The third-order valence-corrected chi connectivity index (χ3v) is 3.18. The Morgan fingerprint density at radius 3 is 2.74 bits per heavy atom. The summed E-state index contributed by atoms with van der Waals surface area (Å²) in [6.07, 6.45) is 6.45. The molecule has 1 heterocycles. The largest absolute Gasteiger partial charge is 0.435 e. The molecule has 0 radical (unpaired) electrons. The smallest absolute Gasteiger partial charge is 0.387 e. The summed E-state index contributed by atoms with van der Waals surface area (Å²) in [5, 5.41) is 6.79. The molecule has 0 aliphatic heterocycles. The molecule has 0 saturated carbocycles. The van der Waals surface area contributed by atoms with Crippen LogP contribution in [0.3, 0.4) is 0 Å². The molecule has 0 bridgehead atoms. The van der Waals surface area contributed by atoms with Crippen LogP contribution in [-0.2, 0) is 11.3 Å². The van der Waals surface area contributed by atoms with Gasteiger partial charge < -0.3 is 10.1 Å². The Morgan fingerprint density at radius 2 is 2.13 bits per heavy atom. The summed E-state index contributed by atoms with van der Waals surface area (Å²) in [4.78, 5) is 11.7. The molecule has 1 N–H and O–H groups in total. The van der Waals surface area contributed by atoms with E-state index in [1.165, 1.54) is 18.2 Å². The molecule has 1 aromatic carbocycles. The van der Waals surface area contributed by atoms with E-state index in [9.17, 15) is 13.6 Å². The highest BCUT2D eigenvalue weighted by atomic mass is 79.9. The van der Waals surface area contributed by atoms with Crippen molar-refractivity contribution in [1.82, 2.24) is 15.1 Å². The monoisotopic (exact) mass is 385 g/mol. The van der Waals surface area contributed by atoms with Gasteiger partial charge in [0.25, 0.3) is 0 Å². The molecule has 0 spiro atoms. The van der Waals surface area contributed by atoms with Gasteiger partial charge in [-0.3, -0.25) is 9.48 Å². The molecule has 2 aromatic rings. The number of carbonyl (C=O) groups excluding carboxylic acids is 1. The molecule has 0 saturated heterocycles. The summed E-state index contributed by atoms with van der Waals surface area (Å²) in [7, 11) is 0. The zero-order valence-electron chi connectivity index (χ0n) is 12.0. The molecule has 0 fully saturated rings. The zero-order chi connectivity index (χ0) is 16.7. The SMILES string of the molecule is O=C(/C=C\c1ccc(OC(F)F)cc1)NCCn1cc(Br)cn1. The maximum absolute atomic E-state index is 12.0. The van der Waals surface area contributed by atoms with Crippen LogP contribution in [0.4, 0.5) is 8.78 Å². The molecule has 1 aromatic heterocycles. The molecular weight excluding hydrogens is 372 g/mol. The Hall–Kier alpha value is -2.22. The minimum Gasteiger partial charge on any atom is -0.435 e. The van der Waals surface area contributed by atoms with E-state index in [-0.39, 0.29) is 11.7 Å². The first kappa shape index (κ1) is 17.1. The standard InChI is InChI=1S/C15H14BrF2N3O2/c16-12-9-20-21(10-12)8-7-19-14(22)6-3-11-1-4-13(5-2-11)23-15(17)18/h1-6,9-10,15H,7-8H2,(H,19,22)/b6-3-. The average Bonchev–Trinajstić information content (AvgIpc) is 2.91. The first-order valence-corrected chi connectivity index (χ1v) is 7.51. The lowest BCUT2D eigenvalue weighted by molar-refractivity contribution is -0.116. The third-order valence-electron chi connectivity index (χ3n) is 2.77. The fourth-order valence-corrected chi connectivity index (χ4v) is 2.07. The van der Waals surface area contributed by atoms with E-state index in [0.717, 1.165) is 4.47 Å². The Labute approximate surface area is 140 Å². The highest BCUT2D eigenvalue weighted by Crippen LogP contribution is 2.15. The van der Waals surface area contributed by atoms with E-state index in [2.05, 4.69) is 31.1 Å². The van der Waals surface area contributed by atoms with E-state index in [1.54, 1.807) is 29.1 Å². The van der Waals surface area contributed by atoms with Gasteiger partial charge in [-0.2, -0.15) is 13.9 Å². The predicted molar refractivity (Wildman–Crippen MR) is 85.0 cm³/mol. The number of carbonyl (C=O) groups is 1. The lowest BCUT2D eigenvalue weighted by Crippen LogP contribution is -2.25. The summed E-state index contributed by atoms with van der Waals surface area (Å²) in [6.45, 7) is -1.85. The van der Waals surface area contributed by atoms with Crippen molar-refractivity contribution in [2.45, 2.75) is 13.2 Å². The van der Waals surface area contributed by atoms with Crippen LogP contribution in [0.1, 0.15) is 5.56 Å². The quantitative estimate of drug-likeness (QED) is 0.745. The molecular formula is C15H14BrF2N3O2. The first-order chi connectivity index (χ1) is 11.0. The molecule has 0 atom stereocenters. The fourth-order valence-electron chi connectivity index (χ4n) is 1.75. The van der Waals surface area contributed by atoms with E-state index in [1.807, 2.05) is 6.20 Å². The Kier molecular flexibility index (Phi) is 6.28. The minimum absolute atomic E-state index is 0.0759. The van der Waals surface area contributed by atoms with Gasteiger partial charge >= 0.3 is 6.61 Å². The number of benzene rings is 1. The van der Waals surface area contributed by atoms with Crippen molar-refractivity contribution in [2.24, 2.45) is 0 Å². The van der Waals surface area contributed by atoms with Crippen molar-refractivity contribution in [3.05, 3.63) is 52.8 Å². The van der Waals surface area contributed by atoms with Crippen LogP contribution in [0.25, 0.3) is 6.08 Å². The van der Waals surface area contributed by atoms with Gasteiger partial charge in [-0.25, -0.2) is 0 Å². The van der Waals surface area contributed by atoms with Crippen LogP contribution in [0, 0.1) is 0 Å². The van der Waals surface area contributed by atoms with Crippen molar-refractivity contribution < 1.29 is 18.3 Å². The molecule has 23 heavy (non-hydrogen) atoms. The molecule has 0 aliphatic rings. The second-order valence-electron chi connectivity index (χ2n) is 4.49. The Bertz CT molecular complexity index is 672. The summed E-state index contributed by atoms with van der Waals surface area (Å²) >= 11 is 3.29. The summed E-state index contributed by atoms with van der Waals surface area (Å²) in [5.41, 5.74) is 0.706. The number of ether oxygens (including phenoxy) is 1. The number of aromatic nitrogens is 2. The van der Waals surface area contributed by atoms with E-state index >= 15 is 0 Å². The van der Waals surface area contributed by atoms with Gasteiger partial charge in [-0.15, -0.1) is 0 Å². The van der Waals surface area contributed by atoms with Crippen LogP contribution in [-0.4, -0.2) is 28.8 Å². The second-order valence-corrected chi connectivity index (χ2v) is 5.41. The third kappa shape index (κ3) is 6.19. The van der Waals surface area contributed by atoms with Crippen molar-refractivity contribution in [3.8, 4) is 5.75 Å². The minimum atomic E-state index is -2.85. The number of halogens is 3. The Balaban J connectivity index is 1.76. The molecule has 2 rings (SSSR count). The summed E-state index contributed by atoms with van der Waals surface area (Å²) in [6, 6.07) is 6.00. The van der Waals surface area contributed by atoms with Crippen molar-refractivity contribution in [1.29, 1.82) is 0 Å².